The van der Waals surface area contributed by atoms with E-state index in [-0.39, 0.29) is 6.04 Å². The normalized spacial score (nSPS) is 12.4. The average Bonchev–Trinajstić information content (AvgIpc) is 2.38. The van der Waals surface area contributed by atoms with Crippen molar-refractivity contribution in [2.45, 2.75) is 19.5 Å². The van der Waals surface area contributed by atoms with Crippen molar-refractivity contribution in [2.24, 2.45) is 0 Å². The van der Waals surface area contributed by atoms with Gasteiger partial charge in [0.1, 0.15) is 0 Å². The lowest BCUT2D eigenvalue weighted by Crippen LogP contribution is -2.18. The van der Waals surface area contributed by atoms with Gasteiger partial charge < -0.3 is 5.32 Å². The highest BCUT2D eigenvalue weighted by Gasteiger charge is 2.08. The van der Waals surface area contributed by atoms with Crippen molar-refractivity contribution in [2.75, 3.05) is 0 Å². The number of hydrogen-bond donors (Lipinski definition) is 1. The van der Waals surface area contributed by atoms with Gasteiger partial charge in [-0.3, -0.25) is 4.98 Å². The molecule has 0 aliphatic heterocycles. The molecule has 0 fully saturated rings. The third-order valence-corrected chi connectivity index (χ3v) is 3.03. The van der Waals surface area contributed by atoms with Gasteiger partial charge in [0.2, 0.25) is 0 Å². The first kappa shape index (κ1) is 12.1. The van der Waals surface area contributed by atoms with Crippen molar-refractivity contribution in [3.63, 3.8) is 0 Å². The average molecular weight is 247 g/mol. The van der Waals surface area contributed by atoms with Crippen LogP contribution < -0.4 is 5.32 Å². The third-order valence-electron chi connectivity index (χ3n) is 2.69. The molecule has 0 aliphatic carbocycles. The maximum Gasteiger partial charge on any atom is 0.0541 e. The summed E-state index contributed by atoms with van der Waals surface area (Å²) >= 11 is 6.15. The molecule has 2 nitrogen and oxygen atoms in total. The lowest BCUT2D eigenvalue weighted by Gasteiger charge is -2.15. The minimum Gasteiger partial charge on any atom is -0.305 e. The van der Waals surface area contributed by atoms with E-state index in [0.29, 0.717) is 0 Å². The van der Waals surface area contributed by atoms with E-state index in [0.717, 1.165) is 22.8 Å². The van der Waals surface area contributed by atoms with Gasteiger partial charge >= 0.3 is 0 Å². The SMILES string of the molecule is C[C@@H](NCc1ccccn1)c1ccccc1Cl. The zero-order chi connectivity index (χ0) is 12.1. The van der Waals surface area contributed by atoms with E-state index < -0.39 is 0 Å². The second-order valence-corrected chi connectivity index (χ2v) is 4.35. The van der Waals surface area contributed by atoms with Gasteiger partial charge in [-0.25, -0.2) is 0 Å². The van der Waals surface area contributed by atoms with Crippen LogP contribution in [0.3, 0.4) is 0 Å². The molecule has 1 atom stereocenters. The summed E-state index contributed by atoms with van der Waals surface area (Å²) in [5, 5.41) is 4.21. The molecule has 0 bridgehead atoms. The molecule has 0 saturated carbocycles. The Morgan fingerprint density at radius 1 is 1.18 bits per heavy atom. The Morgan fingerprint density at radius 3 is 2.65 bits per heavy atom. The Labute approximate surface area is 107 Å². The van der Waals surface area contributed by atoms with Gasteiger partial charge in [-0.2, -0.15) is 0 Å². The van der Waals surface area contributed by atoms with Gasteiger partial charge in [0.05, 0.1) is 5.69 Å². The summed E-state index contributed by atoms with van der Waals surface area (Å²) in [5.41, 5.74) is 2.15. The summed E-state index contributed by atoms with van der Waals surface area (Å²) < 4.78 is 0. The van der Waals surface area contributed by atoms with Gasteiger partial charge in [-0.15, -0.1) is 0 Å². The Kier molecular flexibility index (Phi) is 4.13. The monoisotopic (exact) mass is 246 g/mol. The van der Waals surface area contributed by atoms with Crippen molar-refractivity contribution in [1.29, 1.82) is 0 Å². The van der Waals surface area contributed by atoms with Crippen LogP contribution in [0.25, 0.3) is 0 Å². The quantitative estimate of drug-likeness (QED) is 0.892. The van der Waals surface area contributed by atoms with E-state index in [1.165, 1.54) is 0 Å². The highest BCUT2D eigenvalue weighted by Crippen LogP contribution is 2.22. The molecule has 0 unspecified atom stereocenters. The van der Waals surface area contributed by atoms with Gasteiger partial charge in [0, 0.05) is 23.8 Å². The molecule has 0 radical (unpaired) electrons. The minimum absolute atomic E-state index is 0.214. The van der Waals surface area contributed by atoms with Crippen LogP contribution in [0.4, 0.5) is 0 Å². The fraction of sp³-hybridized carbons (Fsp3) is 0.214. The molecule has 3 heteroatoms. The van der Waals surface area contributed by atoms with Crippen LogP contribution in [-0.2, 0) is 6.54 Å². The van der Waals surface area contributed by atoms with Crippen LogP contribution >= 0.6 is 11.6 Å². The highest BCUT2D eigenvalue weighted by atomic mass is 35.5. The predicted molar refractivity (Wildman–Crippen MR) is 70.9 cm³/mol. The van der Waals surface area contributed by atoms with Crippen LogP contribution in [0.15, 0.2) is 48.7 Å². The van der Waals surface area contributed by atoms with Crippen molar-refractivity contribution in [3.05, 3.63) is 64.9 Å². The summed E-state index contributed by atoms with van der Waals surface area (Å²) in [4.78, 5) is 4.27. The molecular weight excluding hydrogens is 232 g/mol. The van der Waals surface area contributed by atoms with E-state index in [1.807, 2.05) is 42.5 Å². The molecule has 1 N–H and O–H groups in total. The topological polar surface area (TPSA) is 24.9 Å². The van der Waals surface area contributed by atoms with Crippen molar-refractivity contribution >= 4 is 11.6 Å². The number of nitrogens with zero attached hydrogens (tertiary/aromatic N) is 1. The second-order valence-electron chi connectivity index (χ2n) is 3.95. The Morgan fingerprint density at radius 2 is 1.94 bits per heavy atom. The largest absolute Gasteiger partial charge is 0.305 e. The fourth-order valence-electron chi connectivity index (χ4n) is 1.70. The zero-order valence-electron chi connectivity index (χ0n) is 9.73. The Hall–Kier alpha value is -1.38. The number of aromatic nitrogens is 1. The summed E-state index contributed by atoms with van der Waals surface area (Å²) in [5.74, 6) is 0. The number of rotatable bonds is 4. The number of benzene rings is 1. The van der Waals surface area contributed by atoms with Gasteiger partial charge in [-0.05, 0) is 30.7 Å². The molecule has 0 aliphatic rings. The Balaban J connectivity index is 1.99. The smallest absolute Gasteiger partial charge is 0.0541 e. The number of nitrogens with one attached hydrogen (secondary N) is 1. The molecule has 2 rings (SSSR count). The molecule has 1 heterocycles. The number of halogens is 1. The third kappa shape index (κ3) is 3.29. The molecule has 0 saturated heterocycles. The number of hydrogen-bond acceptors (Lipinski definition) is 2. The van der Waals surface area contributed by atoms with Gasteiger partial charge in [0.25, 0.3) is 0 Å². The fourth-order valence-corrected chi connectivity index (χ4v) is 2.00. The maximum absolute atomic E-state index is 6.15. The zero-order valence-corrected chi connectivity index (χ0v) is 10.5. The van der Waals surface area contributed by atoms with Gasteiger partial charge in [0.15, 0.2) is 0 Å². The van der Waals surface area contributed by atoms with Crippen LogP contribution in [-0.4, -0.2) is 4.98 Å². The molecule has 1 aromatic carbocycles. The molecule has 2 aromatic rings. The molecule has 1 aromatic heterocycles. The van der Waals surface area contributed by atoms with Crippen molar-refractivity contribution in [1.82, 2.24) is 10.3 Å². The van der Waals surface area contributed by atoms with E-state index in [9.17, 15) is 0 Å². The van der Waals surface area contributed by atoms with E-state index >= 15 is 0 Å². The lowest BCUT2D eigenvalue weighted by molar-refractivity contribution is 0.568. The lowest BCUT2D eigenvalue weighted by atomic mass is 10.1. The number of pyridine rings is 1. The minimum atomic E-state index is 0.214. The first-order valence-electron chi connectivity index (χ1n) is 5.65. The van der Waals surface area contributed by atoms with Crippen molar-refractivity contribution < 1.29 is 0 Å². The van der Waals surface area contributed by atoms with E-state index in [2.05, 4.69) is 17.2 Å². The highest BCUT2D eigenvalue weighted by molar-refractivity contribution is 6.31. The van der Waals surface area contributed by atoms with E-state index in [1.54, 1.807) is 6.20 Å². The molecule has 17 heavy (non-hydrogen) atoms. The first-order valence-corrected chi connectivity index (χ1v) is 6.03. The van der Waals surface area contributed by atoms with Crippen LogP contribution in [0, 0.1) is 0 Å². The second kappa shape index (κ2) is 5.80. The van der Waals surface area contributed by atoms with Crippen LogP contribution in [0.5, 0.6) is 0 Å². The predicted octanol–water partition coefficient (Wildman–Crippen LogP) is 3.59. The standard InChI is InChI=1S/C14H15ClN2/c1-11(13-7-2-3-8-14(13)15)17-10-12-6-4-5-9-16-12/h2-9,11,17H,10H2,1H3/t11-/m1/s1. The van der Waals surface area contributed by atoms with Crippen LogP contribution in [0.1, 0.15) is 24.2 Å². The van der Waals surface area contributed by atoms with Crippen molar-refractivity contribution in [3.8, 4) is 0 Å². The molecule has 88 valence electrons. The maximum atomic E-state index is 6.15. The molecular formula is C14H15ClN2. The summed E-state index contributed by atoms with van der Waals surface area (Å²) in [6.45, 7) is 2.84. The summed E-state index contributed by atoms with van der Waals surface area (Å²) in [6, 6.07) is 14.0. The molecule has 0 spiro atoms. The van der Waals surface area contributed by atoms with Crippen LogP contribution in [0.2, 0.25) is 5.02 Å². The van der Waals surface area contributed by atoms with E-state index in [4.69, 9.17) is 11.6 Å². The summed E-state index contributed by atoms with van der Waals surface area (Å²) in [7, 11) is 0. The summed E-state index contributed by atoms with van der Waals surface area (Å²) in [6.07, 6.45) is 1.80. The molecule has 0 amide bonds. The van der Waals surface area contributed by atoms with Gasteiger partial charge in [-0.1, -0.05) is 35.9 Å². The first-order chi connectivity index (χ1) is 8.27. The Bertz CT molecular complexity index is 471.